The minimum absolute atomic E-state index is 0.174. The molecule has 1 aliphatic heterocycles. The second kappa shape index (κ2) is 7.13. The van der Waals surface area contributed by atoms with Crippen LogP contribution in [0, 0.1) is 17.3 Å². The van der Waals surface area contributed by atoms with E-state index < -0.39 is 0 Å². The molecular weight excluding hydrogens is 260 g/mol. The number of hydrogen-bond donors (Lipinski definition) is 1. The van der Waals surface area contributed by atoms with Crippen LogP contribution in [0.1, 0.15) is 66.2 Å². The monoisotopic (exact) mass is 294 g/mol. The van der Waals surface area contributed by atoms with Gasteiger partial charge < -0.3 is 10.2 Å². The summed E-state index contributed by atoms with van der Waals surface area (Å²) in [6.07, 6.45) is 7.25. The van der Waals surface area contributed by atoms with Crippen LogP contribution in [0.15, 0.2) is 0 Å². The van der Waals surface area contributed by atoms with Gasteiger partial charge in [-0.15, -0.1) is 0 Å². The number of amides is 1. The minimum Gasteiger partial charge on any atom is -0.341 e. The fourth-order valence-corrected chi connectivity index (χ4v) is 4.05. The average Bonchev–Trinajstić information content (AvgIpc) is 2.89. The van der Waals surface area contributed by atoms with Crippen LogP contribution in [0.25, 0.3) is 0 Å². The van der Waals surface area contributed by atoms with E-state index in [0.29, 0.717) is 17.9 Å². The van der Waals surface area contributed by atoms with Crippen LogP contribution in [0.2, 0.25) is 0 Å². The van der Waals surface area contributed by atoms with E-state index in [-0.39, 0.29) is 11.3 Å². The summed E-state index contributed by atoms with van der Waals surface area (Å²) in [4.78, 5) is 15.3. The Bertz CT molecular complexity index is 345. The highest BCUT2D eigenvalue weighted by Crippen LogP contribution is 2.41. The molecule has 21 heavy (non-hydrogen) atoms. The van der Waals surface area contributed by atoms with Crippen LogP contribution >= 0.6 is 0 Å². The number of nitrogens with one attached hydrogen (secondary N) is 1. The van der Waals surface area contributed by atoms with E-state index in [2.05, 4.69) is 37.9 Å². The first-order valence-electron chi connectivity index (χ1n) is 8.92. The summed E-state index contributed by atoms with van der Waals surface area (Å²) in [6, 6.07) is 0.513. The lowest BCUT2D eigenvalue weighted by Gasteiger charge is -2.41. The van der Waals surface area contributed by atoms with Crippen molar-refractivity contribution < 1.29 is 4.79 Å². The van der Waals surface area contributed by atoms with Gasteiger partial charge in [-0.05, 0) is 43.6 Å². The highest BCUT2D eigenvalue weighted by molar-refractivity contribution is 5.79. The van der Waals surface area contributed by atoms with E-state index in [1.807, 2.05) is 0 Å². The molecule has 3 heteroatoms. The molecule has 0 bridgehead atoms. The zero-order valence-electron chi connectivity index (χ0n) is 14.5. The molecule has 1 amide bonds. The Balaban J connectivity index is 2.04. The highest BCUT2D eigenvalue weighted by Gasteiger charge is 2.39. The lowest BCUT2D eigenvalue weighted by Crippen LogP contribution is -2.48. The maximum absolute atomic E-state index is 13.1. The highest BCUT2D eigenvalue weighted by atomic mass is 16.2. The van der Waals surface area contributed by atoms with E-state index in [1.54, 1.807) is 0 Å². The number of hydrogen-bond acceptors (Lipinski definition) is 2. The van der Waals surface area contributed by atoms with Gasteiger partial charge in [0, 0.05) is 25.0 Å². The third-order valence-electron chi connectivity index (χ3n) is 5.31. The Hall–Kier alpha value is -0.570. The minimum atomic E-state index is 0.174. The Kier molecular flexibility index (Phi) is 5.70. The molecule has 2 unspecified atom stereocenters. The predicted molar refractivity (Wildman–Crippen MR) is 88.2 cm³/mol. The van der Waals surface area contributed by atoms with Crippen molar-refractivity contribution >= 4 is 5.91 Å². The fourth-order valence-electron chi connectivity index (χ4n) is 4.05. The number of nitrogens with zero attached hydrogens (tertiary/aromatic N) is 1. The van der Waals surface area contributed by atoms with Crippen molar-refractivity contribution in [3.05, 3.63) is 0 Å². The summed E-state index contributed by atoms with van der Waals surface area (Å²) < 4.78 is 0. The molecule has 2 aliphatic rings. The maximum atomic E-state index is 13.1. The van der Waals surface area contributed by atoms with Crippen LogP contribution < -0.4 is 5.32 Å². The van der Waals surface area contributed by atoms with Gasteiger partial charge >= 0.3 is 0 Å². The van der Waals surface area contributed by atoms with E-state index in [0.717, 1.165) is 26.1 Å². The molecule has 0 aromatic rings. The molecule has 1 saturated heterocycles. The van der Waals surface area contributed by atoms with Crippen molar-refractivity contribution in [2.24, 2.45) is 17.3 Å². The average molecular weight is 294 g/mol. The molecule has 3 nitrogen and oxygen atoms in total. The van der Waals surface area contributed by atoms with E-state index in [9.17, 15) is 4.79 Å². The van der Waals surface area contributed by atoms with Crippen LogP contribution in [0.3, 0.4) is 0 Å². The summed E-state index contributed by atoms with van der Waals surface area (Å²) in [5, 5.41) is 3.54. The first-order chi connectivity index (χ1) is 9.90. The lowest BCUT2D eigenvalue weighted by atomic mass is 9.68. The molecule has 2 rings (SSSR count). The molecule has 0 aromatic carbocycles. The van der Waals surface area contributed by atoms with E-state index in [4.69, 9.17) is 0 Å². The Morgan fingerprint density at radius 3 is 2.57 bits per heavy atom. The molecule has 0 spiro atoms. The topological polar surface area (TPSA) is 32.3 Å². The van der Waals surface area contributed by atoms with Crippen molar-refractivity contribution in [2.75, 3.05) is 19.6 Å². The maximum Gasteiger partial charge on any atom is 0.226 e. The van der Waals surface area contributed by atoms with Gasteiger partial charge in [-0.3, -0.25) is 4.79 Å². The Labute approximate surface area is 130 Å². The van der Waals surface area contributed by atoms with Crippen LogP contribution in [-0.2, 0) is 4.79 Å². The summed E-state index contributed by atoms with van der Waals surface area (Å²) >= 11 is 0. The van der Waals surface area contributed by atoms with Crippen molar-refractivity contribution in [2.45, 2.75) is 72.3 Å². The molecule has 122 valence electrons. The lowest BCUT2D eigenvalue weighted by molar-refractivity contribution is -0.142. The zero-order valence-corrected chi connectivity index (χ0v) is 14.5. The molecule has 0 radical (unpaired) electrons. The Morgan fingerprint density at radius 1 is 1.24 bits per heavy atom. The smallest absolute Gasteiger partial charge is 0.226 e. The first kappa shape index (κ1) is 16.8. The first-order valence-corrected chi connectivity index (χ1v) is 8.92. The molecular formula is C18H34N2O. The van der Waals surface area contributed by atoms with E-state index >= 15 is 0 Å². The Morgan fingerprint density at radius 2 is 2.00 bits per heavy atom. The van der Waals surface area contributed by atoms with Gasteiger partial charge in [-0.25, -0.2) is 0 Å². The fraction of sp³-hybridized carbons (Fsp3) is 0.944. The van der Waals surface area contributed by atoms with Gasteiger partial charge in [0.05, 0.1) is 0 Å². The van der Waals surface area contributed by atoms with Gasteiger partial charge in [-0.2, -0.15) is 0 Å². The van der Waals surface area contributed by atoms with Crippen LogP contribution in [0.4, 0.5) is 0 Å². The normalized spacial score (nSPS) is 28.8. The van der Waals surface area contributed by atoms with Gasteiger partial charge in [0.25, 0.3) is 0 Å². The van der Waals surface area contributed by atoms with Crippen molar-refractivity contribution in [3.63, 3.8) is 0 Å². The van der Waals surface area contributed by atoms with Crippen molar-refractivity contribution in [1.29, 1.82) is 0 Å². The van der Waals surface area contributed by atoms with Crippen molar-refractivity contribution in [1.82, 2.24) is 10.2 Å². The standard InChI is InChI=1S/C18H34N2O/c1-14(2)12-20(13-15-8-7-11-19-15)17(21)16-9-5-6-10-18(16,3)4/h14-16,19H,5-13H2,1-4H3. The molecule has 1 N–H and O–H groups in total. The summed E-state index contributed by atoms with van der Waals surface area (Å²) in [6.45, 7) is 11.9. The van der Waals surface area contributed by atoms with Gasteiger partial charge in [-0.1, -0.05) is 40.5 Å². The summed E-state index contributed by atoms with van der Waals surface area (Å²) in [5.41, 5.74) is 0.174. The molecule has 2 fully saturated rings. The van der Waals surface area contributed by atoms with Crippen LogP contribution in [0.5, 0.6) is 0 Å². The predicted octanol–water partition coefficient (Wildman–Crippen LogP) is 3.44. The van der Waals surface area contributed by atoms with Gasteiger partial charge in [0.15, 0.2) is 0 Å². The van der Waals surface area contributed by atoms with Crippen LogP contribution in [-0.4, -0.2) is 36.5 Å². The largest absolute Gasteiger partial charge is 0.341 e. The SMILES string of the molecule is CC(C)CN(CC1CCCN1)C(=O)C1CCCCC1(C)C. The molecule has 1 saturated carbocycles. The summed E-state index contributed by atoms with van der Waals surface area (Å²) in [7, 11) is 0. The zero-order chi connectivity index (χ0) is 15.5. The van der Waals surface area contributed by atoms with Gasteiger partial charge in [0.1, 0.15) is 0 Å². The third-order valence-corrected chi connectivity index (χ3v) is 5.31. The molecule has 1 heterocycles. The number of carbonyl (C=O) groups excluding carboxylic acids is 1. The second-order valence-electron chi connectivity index (χ2n) is 8.22. The summed E-state index contributed by atoms with van der Waals surface area (Å²) in [5.74, 6) is 1.19. The third kappa shape index (κ3) is 4.45. The van der Waals surface area contributed by atoms with Gasteiger partial charge in [0.2, 0.25) is 5.91 Å². The van der Waals surface area contributed by atoms with E-state index in [1.165, 1.54) is 32.1 Å². The second-order valence-corrected chi connectivity index (χ2v) is 8.22. The quantitative estimate of drug-likeness (QED) is 0.842. The van der Waals surface area contributed by atoms with Crippen molar-refractivity contribution in [3.8, 4) is 0 Å². The molecule has 1 aliphatic carbocycles. The molecule has 2 atom stereocenters. The molecule has 0 aromatic heterocycles. The number of rotatable bonds is 5. The number of carbonyl (C=O) groups is 1.